The average molecular weight is 505 g/mol. The van der Waals surface area contributed by atoms with E-state index < -0.39 is 6.04 Å². The van der Waals surface area contributed by atoms with Crippen LogP contribution < -0.4 is 10.1 Å². The van der Waals surface area contributed by atoms with Crippen LogP contribution >= 0.6 is 11.8 Å². The lowest BCUT2D eigenvalue weighted by atomic mass is 10.0. The molecule has 36 heavy (non-hydrogen) atoms. The maximum absolute atomic E-state index is 13.7. The number of nitrogens with one attached hydrogen (secondary N) is 1. The van der Waals surface area contributed by atoms with Crippen LogP contribution in [0.5, 0.6) is 5.75 Å². The minimum Gasteiger partial charge on any atom is -0.497 e. The molecule has 3 aromatic rings. The number of carbonyl (C=O) groups excluding carboxylic acids is 2. The Morgan fingerprint density at radius 2 is 1.61 bits per heavy atom. The van der Waals surface area contributed by atoms with Gasteiger partial charge in [-0.1, -0.05) is 72.3 Å². The minimum absolute atomic E-state index is 0.0274. The molecule has 0 heterocycles. The molecule has 0 bridgehead atoms. The van der Waals surface area contributed by atoms with Gasteiger partial charge in [0.15, 0.2) is 0 Å². The molecule has 0 fully saturated rings. The van der Waals surface area contributed by atoms with Crippen molar-refractivity contribution < 1.29 is 14.3 Å². The molecule has 0 saturated carbocycles. The third kappa shape index (κ3) is 8.45. The number of hydrogen-bond donors (Lipinski definition) is 1. The van der Waals surface area contributed by atoms with Crippen LogP contribution in [0.15, 0.2) is 78.9 Å². The van der Waals surface area contributed by atoms with E-state index in [1.807, 2.05) is 68.4 Å². The van der Waals surface area contributed by atoms with Gasteiger partial charge in [-0.3, -0.25) is 9.59 Å². The molecule has 0 spiro atoms. The van der Waals surface area contributed by atoms with E-state index in [1.165, 1.54) is 11.1 Å². The fourth-order valence-corrected chi connectivity index (χ4v) is 4.80. The number of ether oxygens (including phenoxy) is 1. The van der Waals surface area contributed by atoms with E-state index in [-0.39, 0.29) is 23.6 Å². The minimum atomic E-state index is -0.631. The maximum atomic E-state index is 13.7. The molecular formula is C30H36N2O3S. The molecule has 0 aliphatic rings. The van der Waals surface area contributed by atoms with Crippen molar-refractivity contribution >= 4 is 23.6 Å². The van der Waals surface area contributed by atoms with Crippen molar-refractivity contribution in [2.24, 2.45) is 0 Å². The summed E-state index contributed by atoms with van der Waals surface area (Å²) in [5, 5.41) is 3.03. The van der Waals surface area contributed by atoms with Crippen LogP contribution in [0, 0.1) is 6.92 Å². The number of amides is 2. The zero-order chi connectivity index (χ0) is 25.9. The lowest BCUT2D eigenvalue weighted by Crippen LogP contribution is -2.52. The topological polar surface area (TPSA) is 58.6 Å². The molecule has 5 nitrogen and oxygen atoms in total. The van der Waals surface area contributed by atoms with Crippen molar-refractivity contribution in [1.29, 1.82) is 0 Å². The van der Waals surface area contributed by atoms with Crippen molar-refractivity contribution in [3.05, 3.63) is 101 Å². The van der Waals surface area contributed by atoms with Crippen molar-refractivity contribution in [2.45, 2.75) is 51.6 Å². The summed E-state index contributed by atoms with van der Waals surface area (Å²) < 4.78 is 5.39. The van der Waals surface area contributed by atoms with E-state index in [4.69, 9.17) is 4.74 Å². The molecule has 3 aromatic carbocycles. The second-order valence-corrected chi connectivity index (χ2v) is 10.2. The zero-order valence-corrected chi connectivity index (χ0v) is 22.4. The van der Waals surface area contributed by atoms with Crippen molar-refractivity contribution in [3.63, 3.8) is 0 Å². The normalized spacial score (nSPS) is 11.7. The first-order valence-electron chi connectivity index (χ1n) is 12.3. The molecule has 6 heteroatoms. The van der Waals surface area contributed by atoms with E-state index in [0.717, 1.165) is 22.6 Å². The van der Waals surface area contributed by atoms with E-state index in [0.29, 0.717) is 13.0 Å². The molecule has 1 atom stereocenters. The third-order valence-electron chi connectivity index (χ3n) is 5.80. The molecule has 0 aliphatic heterocycles. The highest BCUT2D eigenvalue weighted by atomic mass is 32.2. The van der Waals surface area contributed by atoms with Gasteiger partial charge < -0.3 is 15.0 Å². The highest BCUT2D eigenvalue weighted by Gasteiger charge is 2.30. The Bertz CT molecular complexity index is 1120. The van der Waals surface area contributed by atoms with Gasteiger partial charge in [0.05, 0.1) is 12.9 Å². The summed E-state index contributed by atoms with van der Waals surface area (Å²) in [7, 11) is 1.62. The number of benzene rings is 3. The summed E-state index contributed by atoms with van der Waals surface area (Å²) in [5.41, 5.74) is 4.32. The van der Waals surface area contributed by atoms with Crippen LogP contribution in [0.3, 0.4) is 0 Å². The number of aryl methyl sites for hydroxylation is 1. The van der Waals surface area contributed by atoms with E-state index in [9.17, 15) is 9.59 Å². The average Bonchev–Trinajstić information content (AvgIpc) is 2.87. The molecule has 1 unspecified atom stereocenters. The van der Waals surface area contributed by atoms with Gasteiger partial charge in [0, 0.05) is 24.8 Å². The van der Waals surface area contributed by atoms with E-state index in [2.05, 4.69) is 36.5 Å². The van der Waals surface area contributed by atoms with Crippen LogP contribution in [0.1, 0.15) is 36.1 Å². The lowest BCUT2D eigenvalue weighted by molar-refractivity contribution is -0.139. The molecule has 2 amide bonds. The first-order chi connectivity index (χ1) is 17.4. The Balaban J connectivity index is 1.85. The van der Waals surface area contributed by atoms with Crippen LogP contribution in [0.2, 0.25) is 0 Å². The number of carbonyl (C=O) groups is 2. The van der Waals surface area contributed by atoms with Crippen LogP contribution in [0.4, 0.5) is 0 Å². The van der Waals surface area contributed by atoms with Gasteiger partial charge in [-0.25, -0.2) is 0 Å². The van der Waals surface area contributed by atoms with Gasteiger partial charge in [0.2, 0.25) is 11.8 Å². The fraction of sp³-hybridized carbons (Fsp3) is 0.333. The Morgan fingerprint density at radius 1 is 0.917 bits per heavy atom. The molecule has 0 radical (unpaired) electrons. The number of rotatable bonds is 12. The summed E-state index contributed by atoms with van der Waals surface area (Å²) in [4.78, 5) is 28.8. The molecule has 0 saturated heterocycles. The summed E-state index contributed by atoms with van der Waals surface area (Å²) in [6.45, 7) is 6.25. The van der Waals surface area contributed by atoms with Gasteiger partial charge in [-0.2, -0.15) is 0 Å². The summed E-state index contributed by atoms with van der Waals surface area (Å²) >= 11 is 1.57. The Kier molecular flexibility index (Phi) is 10.4. The number of nitrogens with zero attached hydrogens (tertiary/aromatic N) is 1. The third-order valence-corrected chi connectivity index (χ3v) is 6.79. The SMILES string of the molecule is COc1cccc(CN(C(=O)CSCc2ccc(C)cc2)C(Cc2ccccc2)C(=O)NC(C)C)c1. The fourth-order valence-electron chi connectivity index (χ4n) is 3.93. The van der Waals surface area contributed by atoms with Gasteiger partial charge in [-0.05, 0) is 49.6 Å². The quantitative estimate of drug-likeness (QED) is 0.359. The first-order valence-corrected chi connectivity index (χ1v) is 13.4. The van der Waals surface area contributed by atoms with Gasteiger partial charge in [-0.15, -0.1) is 11.8 Å². The maximum Gasteiger partial charge on any atom is 0.243 e. The summed E-state index contributed by atoms with van der Waals surface area (Å²) in [5.74, 6) is 1.54. The van der Waals surface area contributed by atoms with E-state index in [1.54, 1.807) is 23.8 Å². The second kappa shape index (κ2) is 13.7. The van der Waals surface area contributed by atoms with Crippen molar-refractivity contribution in [1.82, 2.24) is 10.2 Å². The number of hydrogen-bond acceptors (Lipinski definition) is 4. The molecule has 1 N–H and O–H groups in total. The van der Waals surface area contributed by atoms with Gasteiger partial charge in [0.25, 0.3) is 0 Å². The van der Waals surface area contributed by atoms with Crippen LogP contribution in [-0.2, 0) is 28.3 Å². The predicted molar refractivity (Wildman–Crippen MR) is 148 cm³/mol. The monoisotopic (exact) mass is 504 g/mol. The standard InChI is InChI=1S/C30H36N2O3S/c1-22(2)31-30(34)28(18-24-9-6-5-7-10-24)32(19-26-11-8-12-27(17-26)35-4)29(33)21-36-20-25-15-13-23(3)14-16-25/h5-17,22,28H,18-21H2,1-4H3,(H,31,34). The van der Waals surface area contributed by atoms with E-state index >= 15 is 0 Å². The van der Waals surface area contributed by atoms with Gasteiger partial charge in [0.1, 0.15) is 11.8 Å². The smallest absolute Gasteiger partial charge is 0.243 e. The largest absolute Gasteiger partial charge is 0.497 e. The summed E-state index contributed by atoms with van der Waals surface area (Å²) in [6, 6.07) is 25.2. The Hall–Kier alpha value is -3.25. The number of methoxy groups -OCH3 is 1. The molecule has 0 aliphatic carbocycles. The predicted octanol–water partition coefficient (Wildman–Crippen LogP) is 5.40. The molecule has 3 rings (SSSR count). The van der Waals surface area contributed by atoms with Crippen molar-refractivity contribution in [2.75, 3.05) is 12.9 Å². The number of thioether (sulfide) groups is 1. The summed E-state index contributed by atoms with van der Waals surface area (Å²) in [6.07, 6.45) is 0.442. The Morgan fingerprint density at radius 3 is 2.28 bits per heavy atom. The highest BCUT2D eigenvalue weighted by molar-refractivity contribution is 7.99. The molecular weight excluding hydrogens is 468 g/mol. The van der Waals surface area contributed by atoms with Crippen molar-refractivity contribution in [3.8, 4) is 5.75 Å². The van der Waals surface area contributed by atoms with Crippen LogP contribution in [-0.4, -0.2) is 41.7 Å². The lowest BCUT2D eigenvalue weighted by Gasteiger charge is -2.32. The zero-order valence-electron chi connectivity index (χ0n) is 21.6. The second-order valence-electron chi connectivity index (χ2n) is 9.22. The van der Waals surface area contributed by atoms with Gasteiger partial charge >= 0.3 is 0 Å². The van der Waals surface area contributed by atoms with Crippen LogP contribution in [0.25, 0.3) is 0 Å². The Labute approximate surface area is 219 Å². The molecule has 0 aromatic heterocycles. The highest BCUT2D eigenvalue weighted by Crippen LogP contribution is 2.21. The first kappa shape index (κ1) is 27.3. The molecule has 190 valence electrons.